The number of hydrogen-bond donors (Lipinski definition) is 1. The van der Waals surface area contributed by atoms with Crippen LogP contribution in [0, 0.1) is 5.82 Å². The summed E-state index contributed by atoms with van der Waals surface area (Å²) < 4.78 is 18.5. The summed E-state index contributed by atoms with van der Waals surface area (Å²) in [5.41, 5.74) is 6.76. The largest absolute Gasteiger partial charge is 0.487 e. The Bertz CT molecular complexity index is 575. The standard InChI is InChI=1S/C13H10Cl2FNO/c14-9-1-4-13(11(15)6-9)18-7-8-5-10(16)2-3-12(8)17/h1-6H,7,17H2. The van der Waals surface area contributed by atoms with E-state index in [9.17, 15) is 4.39 Å². The second-order valence-corrected chi connectivity index (χ2v) is 4.55. The van der Waals surface area contributed by atoms with Crippen molar-refractivity contribution in [2.75, 3.05) is 5.73 Å². The number of benzene rings is 2. The molecule has 0 aliphatic carbocycles. The Kier molecular flexibility index (Phi) is 3.94. The fourth-order valence-electron chi connectivity index (χ4n) is 1.45. The summed E-state index contributed by atoms with van der Waals surface area (Å²) in [6, 6.07) is 9.02. The van der Waals surface area contributed by atoms with Gasteiger partial charge in [-0.3, -0.25) is 0 Å². The molecule has 0 atom stereocenters. The maximum atomic E-state index is 13.1. The first-order valence-electron chi connectivity index (χ1n) is 5.18. The van der Waals surface area contributed by atoms with E-state index in [1.54, 1.807) is 18.2 Å². The Morgan fingerprint density at radius 2 is 1.89 bits per heavy atom. The smallest absolute Gasteiger partial charge is 0.138 e. The zero-order chi connectivity index (χ0) is 13.1. The lowest BCUT2D eigenvalue weighted by atomic mass is 10.2. The van der Waals surface area contributed by atoms with Gasteiger partial charge in [0.05, 0.1) is 5.02 Å². The summed E-state index contributed by atoms with van der Waals surface area (Å²) in [6.45, 7) is 0.144. The van der Waals surface area contributed by atoms with Crippen LogP contribution in [-0.4, -0.2) is 0 Å². The molecule has 0 amide bonds. The quantitative estimate of drug-likeness (QED) is 0.854. The van der Waals surface area contributed by atoms with Crippen LogP contribution in [0.5, 0.6) is 5.75 Å². The third-order valence-electron chi connectivity index (χ3n) is 2.38. The SMILES string of the molecule is Nc1ccc(F)cc1COc1ccc(Cl)cc1Cl. The van der Waals surface area contributed by atoms with Gasteiger partial charge in [0.25, 0.3) is 0 Å². The minimum absolute atomic E-state index is 0.144. The highest BCUT2D eigenvalue weighted by atomic mass is 35.5. The van der Waals surface area contributed by atoms with Gasteiger partial charge in [-0.05, 0) is 36.4 Å². The number of rotatable bonds is 3. The summed E-state index contributed by atoms with van der Waals surface area (Å²) in [5.74, 6) is 0.120. The Hall–Kier alpha value is -1.45. The van der Waals surface area contributed by atoms with Gasteiger partial charge in [0.2, 0.25) is 0 Å². The molecule has 2 rings (SSSR count). The highest BCUT2D eigenvalue weighted by Gasteiger charge is 2.05. The molecule has 0 saturated carbocycles. The molecule has 5 heteroatoms. The molecule has 0 radical (unpaired) electrons. The van der Waals surface area contributed by atoms with Gasteiger partial charge in [0.1, 0.15) is 18.2 Å². The van der Waals surface area contributed by atoms with Gasteiger partial charge in [-0.1, -0.05) is 23.2 Å². The third kappa shape index (κ3) is 3.06. The maximum absolute atomic E-state index is 13.1. The van der Waals surface area contributed by atoms with Gasteiger partial charge in [-0.15, -0.1) is 0 Å². The van der Waals surface area contributed by atoms with Crippen LogP contribution in [0.3, 0.4) is 0 Å². The highest BCUT2D eigenvalue weighted by Crippen LogP contribution is 2.28. The van der Waals surface area contributed by atoms with Crippen LogP contribution in [0.1, 0.15) is 5.56 Å². The zero-order valence-corrected chi connectivity index (χ0v) is 10.8. The van der Waals surface area contributed by atoms with E-state index in [4.69, 9.17) is 33.7 Å². The first kappa shape index (κ1) is 13.0. The number of halogens is 3. The van der Waals surface area contributed by atoms with Crippen molar-refractivity contribution >= 4 is 28.9 Å². The van der Waals surface area contributed by atoms with E-state index in [0.29, 0.717) is 27.0 Å². The summed E-state index contributed by atoms with van der Waals surface area (Å²) in [6.07, 6.45) is 0. The average molecular weight is 286 g/mol. The van der Waals surface area contributed by atoms with E-state index in [-0.39, 0.29) is 12.4 Å². The van der Waals surface area contributed by atoms with Crippen molar-refractivity contribution in [1.82, 2.24) is 0 Å². The normalized spacial score (nSPS) is 10.4. The fraction of sp³-hybridized carbons (Fsp3) is 0.0769. The molecule has 2 N–H and O–H groups in total. The summed E-state index contributed by atoms with van der Waals surface area (Å²) in [5, 5.41) is 0.926. The molecule has 0 spiro atoms. The van der Waals surface area contributed by atoms with Gasteiger partial charge < -0.3 is 10.5 Å². The molecule has 0 aromatic heterocycles. The molecule has 0 unspecified atom stereocenters. The van der Waals surface area contributed by atoms with Crippen molar-refractivity contribution in [2.24, 2.45) is 0 Å². The molecule has 94 valence electrons. The summed E-state index contributed by atoms with van der Waals surface area (Å²) in [7, 11) is 0. The Morgan fingerprint density at radius 1 is 1.11 bits per heavy atom. The highest BCUT2D eigenvalue weighted by molar-refractivity contribution is 6.35. The molecule has 0 saturated heterocycles. The number of anilines is 1. The predicted molar refractivity (Wildman–Crippen MR) is 71.6 cm³/mol. The van der Waals surface area contributed by atoms with Crippen LogP contribution in [0.2, 0.25) is 10.0 Å². The van der Waals surface area contributed by atoms with Gasteiger partial charge in [-0.25, -0.2) is 4.39 Å². The van der Waals surface area contributed by atoms with E-state index >= 15 is 0 Å². The minimum Gasteiger partial charge on any atom is -0.487 e. The number of nitrogens with two attached hydrogens (primary N) is 1. The molecule has 0 heterocycles. The average Bonchev–Trinajstić information content (AvgIpc) is 2.32. The molecule has 2 nitrogen and oxygen atoms in total. The van der Waals surface area contributed by atoms with Crippen molar-refractivity contribution in [3.05, 3.63) is 57.8 Å². The van der Waals surface area contributed by atoms with Gasteiger partial charge in [-0.2, -0.15) is 0 Å². The van der Waals surface area contributed by atoms with Crippen LogP contribution in [0.15, 0.2) is 36.4 Å². The van der Waals surface area contributed by atoms with E-state index in [2.05, 4.69) is 0 Å². The first-order chi connectivity index (χ1) is 8.56. The molecular weight excluding hydrogens is 276 g/mol. The maximum Gasteiger partial charge on any atom is 0.138 e. The van der Waals surface area contributed by atoms with Crippen molar-refractivity contribution in [3.63, 3.8) is 0 Å². The van der Waals surface area contributed by atoms with Crippen LogP contribution < -0.4 is 10.5 Å². The lowest BCUT2D eigenvalue weighted by molar-refractivity contribution is 0.306. The molecule has 0 fully saturated rings. The Morgan fingerprint density at radius 3 is 2.61 bits per heavy atom. The van der Waals surface area contributed by atoms with Gasteiger partial charge >= 0.3 is 0 Å². The van der Waals surface area contributed by atoms with E-state index in [1.807, 2.05) is 0 Å². The molecular formula is C13H10Cl2FNO. The predicted octanol–water partition coefficient (Wildman–Crippen LogP) is 4.29. The monoisotopic (exact) mass is 285 g/mol. The molecule has 18 heavy (non-hydrogen) atoms. The number of nitrogen functional groups attached to an aromatic ring is 1. The Balaban J connectivity index is 2.13. The molecule has 0 aliphatic rings. The topological polar surface area (TPSA) is 35.2 Å². The van der Waals surface area contributed by atoms with Crippen molar-refractivity contribution < 1.29 is 9.13 Å². The molecule has 0 bridgehead atoms. The second-order valence-electron chi connectivity index (χ2n) is 3.71. The fourth-order valence-corrected chi connectivity index (χ4v) is 1.91. The Labute approximate surface area is 114 Å². The van der Waals surface area contributed by atoms with Gasteiger partial charge in [0.15, 0.2) is 0 Å². The molecule has 2 aromatic rings. The molecule has 2 aromatic carbocycles. The van der Waals surface area contributed by atoms with Gasteiger partial charge in [0, 0.05) is 16.3 Å². The number of hydrogen-bond acceptors (Lipinski definition) is 2. The van der Waals surface area contributed by atoms with E-state index in [1.165, 1.54) is 18.2 Å². The van der Waals surface area contributed by atoms with E-state index in [0.717, 1.165) is 0 Å². The van der Waals surface area contributed by atoms with Crippen LogP contribution in [-0.2, 0) is 6.61 Å². The third-order valence-corrected chi connectivity index (χ3v) is 2.91. The van der Waals surface area contributed by atoms with Crippen LogP contribution in [0.4, 0.5) is 10.1 Å². The van der Waals surface area contributed by atoms with Crippen LogP contribution in [0.25, 0.3) is 0 Å². The first-order valence-corrected chi connectivity index (χ1v) is 5.93. The molecule has 0 aliphatic heterocycles. The zero-order valence-electron chi connectivity index (χ0n) is 9.29. The van der Waals surface area contributed by atoms with E-state index < -0.39 is 0 Å². The van der Waals surface area contributed by atoms with Crippen molar-refractivity contribution in [2.45, 2.75) is 6.61 Å². The van der Waals surface area contributed by atoms with Crippen molar-refractivity contribution in [1.29, 1.82) is 0 Å². The summed E-state index contributed by atoms with van der Waals surface area (Å²) in [4.78, 5) is 0. The van der Waals surface area contributed by atoms with Crippen molar-refractivity contribution in [3.8, 4) is 5.75 Å². The van der Waals surface area contributed by atoms with Crippen LogP contribution >= 0.6 is 23.2 Å². The number of ether oxygens (including phenoxy) is 1. The summed E-state index contributed by atoms with van der Waals surface area (Å²) >= 11 is 11.7. The lowest BCUT2D eigenvalue weighted by Gasteiger charge is -2.10. The minimum atomic E-state index is -0.356. The lowest BCUT2D eigenvalue weighted by Crippen LogP contribution is -2.01. The second kappa shape index (κ2) is 5.46.